The van der Waals surface area contributed by atoms with E-state index in [4.69, 9.17) is 4.42 Å². The van der Waals surface area contributed by atoms with Crippen LogP contribution in [0.1, 0.15) is 30.3 Å². The number of nitrogens with one attached hydrogen (secondary N) is 1. The van der Waals surface area contributed by atoms with E-state index in [2.05, 4.69) is 17.1 Å². The van der Waals surface area contributed by atoms with Gasteiger partial charge in [-0.2, -0.15) is 0 Å². The number of hydrogen-bond donors (Lipinski definition) is 1. The Morgan fingerprint density at radius 2 is 2.14 bits per heavy atom. The monoisotopic (exact) mass is 316 g/mol. The second-order valence-electron chi connectivity index (χ2n) is 6.25. The van der Waals surface area contributed by atoms with Crippen molar-refractivity contribution in [2.45, 2.75) is 31.8 Å². The molecule has 0 aliphatic carbocycles. The van der Waals surface area contributed by atoms with Crippen LogP contribution in [0, 0.1) is 5.92 Å². The number of carbonyl (C=O) groups excluding carboxylic acids is 1. The van der Waals surface area contributed by atoms with Crippen LogP contribution in [0.25, 0.3) is 10.6 Å². The van der Waals surface area contributed by atoms with Gasteiger partial charge in [0.1, 0.15) is 5.76 Å². The molecule has 3 aliphatic rings. The van der Waals surface area contributed by atoms with Crippen molar-refractivity contribution in [3.63, 3.8) is 0 Å². The molecule has 2 atom stereocenters. The molecule has 2 aromatic heterocycles. The smallest absolute Gasteiger partial charge is 0.287 e. The van der Waals surface area contributed by atoms with Crippen LogP contribution in [0.3, 0.4) is 0 Å². The Hall–Kier alpha value is -1.59. The molecule has 22 heavy (non-hydrogen) atoms. The Labute approximate surface area is 134 Å². The molecule has 0 saturated carbocycles. The Balaban J connectivity index is 1.48. The van der Waals surface area contributed by atoms with Gasteiger partial charge in [0.2, 0.25) is 0 Å². The standard InChI is InChI=1S/C17H20N2O2S/c1-11-16(12-6-8-19(11)9-7-12)18-17(20)14-5-4-13(21-14)15-3-2-10-22-15/h2-5,10-12,16H,6-9H2,1H3,(H,18,20). The molecule has 116 valence electrons. The Morgan fingerprint density at radius 3 is 2.82 bits per heavy atom. The van der Waals surface area contributed by atoms with Gasteiger partial charge in [-0.1, -0.05) is 6.07 Å². The predicted molar refractivity (Wildman–Crippen MR) is 87.0 cm³/mol. The molecule has 3 saturated heterocycles. The van der Waals surface area contributed by atoms with E-state index < -0.39 is 0 Å². The average molecular weight is 316 g/mol. The molecule has 1 amide bonds. The van der Waals surface area contributed by atoms with E-state index in [1.807, 2.05) is 23.6 Å². The molecule has 0 radical (unpaired) electrons. The van der Waals surface area contributed by atoms with Gasteiger partial charge in [0.25, 0.3) is 5.91 Å². The molecule has 0 spiro atoms. The molecule has 4 nitrogen and oxygen atoms in total. The fraction of sp³-hybridized carbons (Fsp3) is 0.471. The maximum atomic E-state index is 12.5. The van der Waals surface area contributed by atoms with Crippen molar-refractivity contribution in [3.05, 3.63) is 35.4 Å². The average Bonchev–Trinajstić information content (AvgIpc) is 3.21. The molecule has 5 heteroatoms. The lowest BCUT2D eigenvalue weighted by molar-refractivity contribution is 0.0211. The van der Waals surface area contributed by atoms with Gasteiger partial charge in [-0.05, 0) is 62.4 Å². The lowest BCUT2D eigenvalue weighted by Gasteiger charge is -2.49. The lowest BCUT2D eigenvalue weighted by Crippen LogP contribution is -2.62. The predicted octanol–water partition coefficient (Wildman–Crippen LogP) is 3.22. The zero-order valence-electron chi connectivity index (χ0n) is 12.6. The summed E-state index contributed by atoms with van der Waals surface area (Å²) in [6.45, 7) is 4.55. The summed E-state index contributed by atoms with van der Waals surface area (Å²) < 4.78 is 5.73. The van der Waals surface area contributed by atoms with Crippen LogP contribution in [0.5, 0.6) is 0 Å². The highest BCUT2D eigenvalue weighted by atomic mass is 32.1. The highest BCUT2D eigenvalue weighted by Gasteiger charge is 2.40. The minimum Gasteiger partial charge on any atom is -0.450 e. The Kier molecular flexibility index (Phi) is 3.54. The maximum absolute atomic E-state index is 12.5. The van der Waals surface area contributed by atoms with Gasteiger partial charge in [-0.15, -0.1) is 11.3 Å². The van der Waals surface area contributed by atoms with Crippen molar-refractivity contribution in [2.24, 2.45) is 5.92 Å². The fourth-order valence-corrected chi connectivity index (χ4v) is 4.47. The fourth-order valence-electron chi connectivity index (χ4n) is 3.78. The number of rotatable bonds is 3. The van der Waals surface area contributed by atoms with E-state index in [-0.39, 0.29) is 11.9 Å². The van der Waals surface area contributed by atoms with E-state index in [0.29, 0.717) is 17.7 Å². The van der Waals surface area contributed by atoms with Gasteiger partial charge in [0, 0.05) is 12.1 Å². The zero-order chi connectivity index (χ0) is 15.1. The molecule has 3 aliphatic heterocycles. The molecule has 5 heterocycles. The van der Waals surface area contributed by atoms with E-state index in [1.165, 1.54) is 25.9 Å². The van der Waals surface area contributed by atoms with Crippen LogP contribution in [0.15, 0.2) is 34.1 Å². The summed E-state index contributed by atoms with van der Waals surface area (Å²) in [5.41, 5.74) is 0. The van der Waals surface area contributed by atoms with Crippen LogP contribution in [-0.4, -0.2) is 36.0 Å². The van der Waals surface area contributed by atoms with Gasteiger partial charge in [0.15, 0.2) is 5.76 Å². The quantitative estimate of drug-likeness (QED) is 0.945. The number of nitrogens with zero attached hydrogens (tertiary/aromatic N) is 1. The van der Waals surface area contributed by atoms with E-state index in [9.17, 15) is 4.79 Å². The molecule has 3 fully saturated rings. The van der Waals surface area contributed by atoms with Crippen molar-refractivity contribution < 1.29 is 9.21 Å². The summed E-state index contributed by atoms with van der Waals surface area (Å²) in [5, 5.41) is 5.21. The number of furan rings is 1. The molecule has 5 rings (SSSR count). The van der Waals surface area contributed by atoms with Crippen molar-refractivity contribution >= 4 is 17.2 Å². The van der Waals surface area contributed by atoms with Crippen molar-refractivity contribution in [2.75, 3.05) is 13.1 Å². The minimum absolute atomic E-state index is 0.0894. The number of piperidine rings is 3. The molecular formula is C17H20N2O2S. The summed E-state index contributed by atoms with van der Waals surface area (Å²) >= 11 is 1.61. The number of carbonyl (C=O) groups is 1. The molecular weight excluding hydrogens is 296 g/mol. The summed E-state index contributed by atoms with van der Waals surface area (Å²) in [6, 6.07) is 8.29. The topological polar surface area (TPSA) is 45.5 Å². The number of amides is 1. The van der Waals surface area contributed by atoms with Crippen LogP contribution in [0.2, 0.25) is 0 Å². The van der Waals surface area contributed by atoms with Crippen LogP contribution in [-0.2, 0) is 0 Å². The van der Waals surface area contributed by atoms with Gasteiger partial charge in [-0.3, -0.25) is 9.69 Å². The number of fused-ring (bicyclic) bond motifs is 3. The summed E-state index contributed by atoms with van der Waals surface area (Å²) in [6.07, 6.45) is 2.38. The van der Waals surface area contributed by atoms with E-state index in [0.717, 1.165) is 10.6 Å². The van der Waals surface area contributed by atoms with Crippen molar-refractivity contribution in [3.8, 4) is 10.6 Å². The molecule has 2 unspecified atom stereocenters. The summed E-state index contributed by atoms with van der Waals surface area (Å²) in [7, 11) is 0. The van der Waals surface area contributed by atoms with Crippen LogP contribution in [0.4, 0.5) is 0 Å². The first-order valence-corrected chi connectivity index (χ1v) is 8.79. The maximum Gasteiger partial charge on any atom is 0.287 e. The second kappa shape index (κ2) is 5.56. The van der Waals surface area contributed by atoms with Crippen LogP contribution < -0.4 is 5.32 Å². The number of thiophene rings is 1. The zero-order valence-corrected chi connectivity index (χ0v) is 13.4. The largest absolute Gasteiger partial charge is 0.450 e. The highest BCUT2D eigenvalue weighted by Crippen LogP contribution is 2.32. The second-order valence-corrected chi connectivity index (χ2v) is 7.20. The van der Waals surface area contributed by atoms with Gasteiger partial charge < -0.3 is 9.73 Å². The van der Waals surface area contributed by atoms with Crippen molar-refractivity contribution in [1.82, 2.24) is 10.2 Å². The van der Waals surface area contributed by atoms with E-state index in [1.54, 1.807) is 17.4 Å². The van der Waals surface area contributed by atoms with Crippen LogP contribution >= 0.6 is 11.3 Å². The third kappa shape index (κ3) is 2.38. The third-order valence-corrected chi connectivity index (χ3v) is 5.95. The summed E-state index contributed by atoms with van der Waals surface area (Å²) in [5.74, 6) is 1.69. The molecule has 2 aromatic rings. The summed E-state index contributed by atoms with van der Waals surface area (Å²) in [4.78, 5) is 16.0. The first-order chi connectivity index (χ1) is 10.7. The Morgan fingerprint density at radius 1 is 1.32 bits per heavy atom. The van der Waals surface area contributed by atoms with E-state index >= 15 is 0 Å². The highest BCUT2D eigenvalue weighted by molar-refractivity contribution is 7.13. The van der Waals surface area contributed by atoms with Gasteiger partial charge >= 0.3 is 0 Å². The molecule has 0 aromatic carbocycles. The SMILES string of the molecule is CC1C(NC(=O)c2ccc(-c3cccs3)o2)C2CCN1CC2. The molecule has 2 bridgehead atoms. The Bertz CT molecular complexity index is 654. The van der Waals surface area contributed by atoms with Gasteiger partial charge in [0.05, 0.1) is 4.88 Å². The van der Waals surface area contributed by atoms with Gasteiger partial charge in [-0.25, -0.2) is 0 Å². The number of hydrogen-bond acceptors (Lipinski definition) is 4. The molecule has 1 N–H and O–H groups in total. The third-order valence-electron chi connectivity index (χ3n) is 5.07. The first-order valence-electron chi connectivity index (χ1n) is 7.91. The first kappa shape index (κ1) is 14.0. The lowest BCUT2D eigenvalue weighted by atomic mass is 9.79. The van der Waals surface area contributed by atoms with Crippen molar-refractivity contribution in [1.29, 1.82) is 0 Å². The normalized spacial score (nSPS) is 30.4. The minimum atomic E-state index is -0.0894.